The van der Waals surface area contributed by atoms with Gasteiger partial charge in [-0.25, -0.2) is 0 Å². The topological polar surface area (TPSA) is 69.2 Å². The third-order valence-corrected chi connectivity index (χ3v) is 3.76. The van der Waals surface area contributed by atoms with Gasteiger partial charge in [-0.3, -0.25) is 15.3 Å². The van der Waals surface area contributed by atoms with Crippen LogP contribution in [0.2, 0.25) is 0 Å². The fourth-order valence-electron chi connectivity index (χ4n) is 2.55. The van der Waals surface area contributed by atoms with Gasteiger partial charge in [0.2, 0.25) is 0 Å². The number of nitrogens with one attached hydrogen (secondary N) is 1. The molecule has 3 N–H and O–H groups in total. The smallest absolute Gasteiger partial charge is 0.141 e. The minimum atomic E-state index is 0.0356. The van der Waals surface area contributed by atoms with E-state index >= 15 is 0 Å². The van der Waals surface area contributed by atoms with Gasteiger partial charge in [0.05, 0.1) is 0 Å². The monoisotopic (exact) mass is 245 g/mol. The van der Waals surface area contributed by atoms with Crippen molar-refractivity contribution >= 4 is 11.5 Å². The Hall–Kier alpha value is -1.62. The number of amidine groups is 1. The van der Waals surface area contributed by atoms with Crippen LogP contribution in [0.3, 0.4) is 0 Å². The lowest BCUT2D eigenvalue weighted by Crippen LogP contribution is -2.47. The predicted octanol–water partition coefficient (Wildman–Crippen LogP) is 0.650. The van der Waals surface area contributed by atoms with Gasteiger partial charge in [-0.05, 0) is 25.0 Å². The largest absolute Gasteiger partial charge is 0.382 e. The number of nitrogens with two attached hydrogens (primary N) is 1. The van der Waals surface area contributed by atoms with Crippen LogP contribution in [0.5, 0.6) is 0 Å². The van der Waals surface area contributed by atoms with Gasteiger partial charge in [0, 0.05) is 44.1 Å². The molecule has 0 radical (unpaired) electrons. The maximum absolute atomic E-state index is 7.43. The normalized spacial score (nSPS) is 21.0. The van der Waals surface area contributed by atoms with Crippen LogP contribution in [-0.2, 0) is 0 Å². The van der Waals surface area contributed by atoms with Gasteiger partial charge in [-0.15, -0.1) is 0 Å². The quantitative estimate of drug-likeness (QED) is 0.606. The van der Waals surface area contributed by atoms with Crippen molar-refractivity contribution in [3.63, 3.8) is 0 Å². The Kier molecular flexibility index (Phi) is 2.91. The van der Waals surface area contributed by atoms with Crippen molar-refractivity contribution in [1.29, 1.82) is 5.41 Å². The molecule has 5 nitrogen and oxygen atoms in total. The molecular formula is C13H19N5. The van der Waals surface area contributed by atoms with Crippen LogP contribution in [0.1, 0.15) is 18.5 Å². The number of piperazine rings is 1. The molecule has 0 atom stereocenters. The lowest BCUT2D eigenvalue weighted by Gasteiger charge is -2.36. The molecule has 1 aromatic heterocycles. The molecule has 1 aliphatic heterocycles. The fraction of sp³-hybridized carbons (Fsp3) is 0.538. The molecule has 3 rings (SSSR count). The van der Waals surface area contributed by atoms with Crippen molar-refractivity contribution in [3.05, 3.63) is 24.0 Å². The van der Waals surface area contributed by atoms with Crippen LogP contribution in [0.4, 0.5) is 5.69 Å². The summed E-state index contributed by atoms with van der Waals surface area (Å²) in [5, 5.41) is 7.43. The number of rotatable bonds is 3. The molecule has 18 heavy (non-hydrogen) atoms. The van der Waals surface area contributed by atoms with Gasteiger partial charge in [-0.1, -0.05) is 0 Å². The van der Waals surface area contributed by atoms with E-state index in [0.717, 1.165) is 37.9 Å². The Morgan fingerprint density at radius 2 is 2.00 bits per heavy atom. The van der Waals surface area contributed by atoms with Gasteiger partial charge < -0.3 is 10.6 Å². The molecule has 2 fully saturated rings. The second-order valence-electron chi connectivity index (χ2n) is 5.07. The minimum absolute atomic E-state index is 0.0356. The second-order valence-corrected chi connectivity index (χ2v) is 5.07. The molecule has 96 valence electrons. The van der Waals surface area contributed by atoms with Crippen molar-refractivity contribution in [1.82, 2.24) is 9.88 Å². The van der Waals surface area contributed by atoms with E-state index in [2.05, 4.69) is 14.8 Å². The zero-order chi connectivity index (χ0) is 12.5. The molecule has 1 saturated carbocycles. The maximum atomic E-state index is 7.43. The lowest BCUT2D eigenvalue weighted by atomic mass is 10.2. The average Bonchev–Trinajstić information content (AvgIpc) is 3.23. The molecule has 0 aromatic carbocycles. The number of anilines is 1. The number of hydrogen-bond acceptors (Lipinski definition) is 4. The molecule has 5 heteroatoms. The zero-order valence-corrected chi connectivity index (χ0v) is 10.5. The van der Waals surface area contributed by atoms with Crippen LogP contribution in [-0.4, -0.2) is 47.9 Å². The van der Waals surface area contributed by atoms with E-state index in [-0.39, 0.29) is 5.84 Å². The lowest BCUT2D eigenvalue weighted by molar-refractivity contribution is 0.248. The highest BCUT2D eigenvalue weighted by molar-refractivity contribution is 5.93. The number of aromatic nitrogens is 1. The Labute approximate surface area is 107 Å². The van der Waals surface area contributed by atoms with E-state index in [1.54, 1.807) is 6.20 Å². The average molecular weight is 245 g/mol. The minimum Gasteiger partial charge on any atom is -0.382 e. The first-order chi connectivity index (χ1) is 8.74. The van der Waals surface area contributed by atoms with Gasteiger partial charge in [0.25, 0.3) is 0 Å². The number of nitrogen functional groups attached to an aromatic ring is 1. The van der Waals surface area contributed by atoms with Crippen molar-refractivity contribution in [2.24, 2.45) is 5.73 Å². The summed E-state index contributed by atoms with van der Waals surface area (Å²) in [7, 11) is 0. The van der Waals surface area contributed by atoms with Crippen molar-refractivity contribution in [3.8, 4) is 0 Å². The predicted molar refractivity (Wildman–Crippen MR) is 72.1 cm³/mol. The van der Waals surface area contributed by atoms with E-state index in [4.69, 9.17) is 11.1 Å². The molecule has 2 aliphatic rings. The molecule has 1 saturated heterocycles. The van der Waals surface area contributed by atoms with Crippen LogP contribution < -0.4 is 10.6 Å². The second kappa shape index (κ2) is 4.57. The van der Waals surface area contributed by atoms with Crippen molar-refractivity contribution in [2.75, 3.05) is 31.1 Å². The Morgan fingerprint density at radius 1 is 1.28 bits per heavy atom. The number of nitrogens with zero attached hydrogens (tertiary/aromatic N) is 3. The van der Waals surface area contributed by atoms with E-state index in [0.29, 0.717) is 5.69 Å². The highest BCUT2D eigenvalue weighted by Gasteiger charge is 2.31. The number of pyridine rings is 1. The van der Waals surface area contributed by atoms with Crippen molar-refractivity contribution in [2.45, 2.75) is 18.9 Å². The first-order valence-electron chi connectivity index (χ1n) is 6.53. The standard InChI is InChI=1S/C13H19N5/c14-13(15)12-9-11(3-4-16-12)18-7-5-17(6-8-18)10-1-2-10/h3-4,9-10H,1-2,5-8H2,(H3,14,15). The number of hydrogen-bond donors (Lipinski definition) is 2. The van der Waals surface area contributed by atoms with Gasteiger partial charge >= 0.3 is 0 Å². The summed E-state index contributed by atoms with van der Waals surface area (Å²) < 4.78 is 0. The molecule has 0 unspecified atom stereocenters. The fourth-order valence-corrected chi connectivity index (χ4v) is 2.55. The van der Waals surface area contributed by atoms with Crippen molar-refractivity contribution < 1.29 is 0 Å². The molecule has 1 aliphatic carbocycles. The van der Waals surface area contributed by atoms with Crippen LogP contribution in [0.25, 0.3) is 0 Å². The third-order valence-electron chi connectivity index (χ3n) is 3.76. The summed E-state index contributed by atoms with van der Waals surface area (Å²) in [5.41, 5.74) is 7.17. The Morgan fingerprint density at radius 3 is 2.61 bits per heavy atom. The summed E-state index contributed by atoms with van der Waals surface area (Å²) in [6.45, 7) is 4.39. The summed E-state index contributed by atoms with van der Waals surface area (Å²) in [5.74, 6) is 0.0356. The highest BCUT2D eigenvalue weighted by atomic mass is 15.3. The Bertz CT molecular complexity index is 446. The summed E-state index contributed by atoms with van der Waals surface area (Å²) in [4.78, 5) is 9.04. The summed E-state index contributed by atoms with van der Waals surface area (Å²) in [6, 6.07) is 4.77. The van der Waals surface area contributed by atoms with Crippen LogP contribution >= 0.6 is 0 Å². The van der Waals surface area contributed by atoms with Crippen LogP contribution in [0, 0.1) is 5.41 Å². The first kappa shape index (κ1) is 11.5. The van der Waals surface area contributed by atoms with Crippen LogP contribution in [0.15, 0.2) is 18.3 Å². The Balaban J connectivity index is 1.67. The molecule has 0 spiro atoms. The zero-order valence-electron chi connectivity index (χ0n) is 10.5. The van der Waals surface area contributed by atoms with Gasteiger partial charge in [0.15, 0.2) is 0 Å². The third kappa shape index (κ3) is 2.31. The highest BCUT2D eigenvalue weighted by Crippen LogP contribution is 2.28. The van der Waals surface area contributed by atoms with E-state index < -0.39 is 0 Å². The maximum Gasteiger partial charge on any atom is 0.141 e. The summed E-state index contributed by atoms with van der Waals surface area (Å²) in [6.07, 6.45) is 4.49. The van der Waals surface area contributed by atoms with E-state index in [1.807, 2.05) is 12.1 Å². The molecule has 1 aromatic rings. The molecular weight excluding hydrogens is 226 g/mol. The molecule has 0 bridgehead atoms. The van der Waals surface area contributed by atoms with Gasteiger partial charge in [-0.2, -0.15) is 0 Å². The summed E-state index contributed by atoms with van der Waals surface area (Å²) >= 11 is 0. The van der Waals surface area contributed by atoms with E-state index in [9.17, 15) is 0 Å². The van der Waals surface area contributed by atoms with E-state index in [1.165, 1.54) is 12.8 Å². The molecule has 2 heterocycles. The first-order valence-corrected chi connectivity index (χ1v) is 6.53. The van der Waals surface area contributed by atoms with Gasteiger partial charge in [0.1, 0.15) is 11.5 Å². The SMILES string of the molecule is N=C(N)c1cc(N2CCN(C3CC3)CC2)ccn1. The molecule has 0 amide bonds.